The standard InChI is InChI=1S/C10H18N2O3/c1-15-8-6-10(7-8,9(13)14)12-4-2-11-3-5-12/h8,11H,2-7H2,1H3,(H,13,14). The van der Waals surface area contributed by atoms with Gasteiger partial charge in [0.2, 0.25) is 0 Å². The normalized spacial score (nSPS) is 37.3. The van der Waals surface area contributed by atoms with Crippen LogP contribution in [0.4, 0.5) is 0 Å². The minimum absolute atomic E-state index is 0.121. The zero-order chi connectivity index (χ0) is 10.9. The van der Waals surface area contributed by atoms with Gasteiger partial charge >= 0.3 is 5.97 Å². The number of hydrogen-bond donors (Lipinski definition) is 2. The van der Waals surface area contributed by atoms with Crippen molar-refractivity contribution in [3.8, 4) is 0 Å². The molecule has 0 bridgehead atoms. The average Bonchev–Trinajstić information content (AvgIpc) is 2.18. The van der Waals surface area contributed by atoms with E-state index >= 15 is 0 Å². The summed E-state index contributed by atoms with van der Waals surface area (Å²) in [7, 11) is 1.65. The highest BCUT2D eigenvalue weighted by atomic mass is 16.5. The second-order valence-corrected chi connectivity index (χ2v) is 4.34. The third-order valence-corrected chi connectivity index (χ3v) is 3.58. The molecule has 0 aromatic rings. The number of piperazine rings is 1. The van der Waals surface area contributed by atoms with Crippen molar-refractivity contribution < 1.29 is 14.6 Å². The lowest BCUT2D eigenvalue weighted by molar-refractivity contribution is -0.171. The summed E-state index contributed by atoms with van der Waals surface area (Å²) in [6.07, 6.45) is 1.37. The van der Waals surface area contributed by atoms with Crippen LogP contribution >= 0.6 is 0 Å². The number of aliphatic carboxylic acids is 1. The van der Waals surface area contributed by atoms with E-state index in [9.17, 15) is 9.90 Å². The van der Waals surface area contributed by atoms with Crippen molar-refractivity contribution in [1.82, 2.24) is 10.2 Å². The van der Waals surface area contributed by atoms with Crippen LogP contribution in [0, 0.1) is 0 Å². The number of nitrogens with zero attached hydrogens (tertiary/aromatic N) is 1. The van der Waals surface area contributed by atoms with Gasteiger partial charge in [-0.3, -0.25) is 9.69 Å². The van der Waals surface area contributed by atoms with E-state index in [1.807, 2.05) is 0 Å². The maximum absolute atomic E-state index is 11.3. The molecule has 86 valence electrons. The van der Waals surface area contributed by atoms with Gasteiger partial charge in [0.1, 0.15) is 5.54 Å². The highest BCUT2D eigenvalue weighted by Crippen LogP contribution is 2.39. The Labute approximate surface area is 89.4 Å². The molecule has 2 N–H and O–H groups in total. The number of carbonyl (C=O) groups is 1. The van der Waals surface area contributed by atoms with Crippen LogP contribution in [0.2, 0.25) is 0 Å². The molecule has 2 fully saturated rings. The first-order valence-electron chi connectivity index (χ1n) is 5.41. The summed E-state index contributed by atoms with van der Waals surface area (Å²) in [5.74, 6) is -0.697. The topological polar surface area (TPSA) is 61.8 Å². The predicted molar refractivity (Wildman–Crippen MR) is 54.8 cm³/mol. The number of nitrogens with one attached hydrogen (secondary N) is 1. The van der Waals surface area contributed by atoms with E-state index in [0.717, 1.165) is 26.2 Å². The number of methoxy groups -OCH3 is 1. The third-order valence-electron chi connectivity index (χ3n) is 3.58. The van der Waals surface area contributed by atoms with Crippen molar-refractivity contribution in [3.63, 3.8) is 0 Å². The van der Waals surface area contributed by atoms with Crippen LogP contribution in [0.5, 0.6) is 0 Å². The first kappa shape index (κ1) is 10.9. The van der Waals surface area contributed by atoms with Crippen LogP contribution in [0.15, 0.2) is 0 Å². The number of hydrogen-bond acceptors (Lipinski definition) is 4. The fraction of sp³-hybridized carbons (Fsp3) is 0.900. The molecule has 15 heavy (non-hydrogen) atoms. The van der Waals surface area contributed by atoms with E-state index in [0.29, 0.717) is 12.8 Å². The highest BCUT2D eigenvalue weighted by Gasteiger charge is 2.54. The van der Waals surface area contributed by atoms with Gasteiger partial charge in [-0.15, -0.1) is 0 Å². The molecule has 1 aliphatic carbocycles. The zero-order valence-electron chi connectivity index (χ0n) is 9.03. The smallest absolute Gasteiger partial charge is 0.324 e. The Morgan fingerprint density at radius 2 is 2.07 bits per heavy atom. The summed E-state index contributed by atoms with van der Waals surface area (Å²) >= 11 is 0. The maximum Gasteiger partial charge on any atom is 0.324 e. The van der Waals surface area contributed by atoms with Crippen molar-refractivity contribution >= 4 is 5.97 Å². The lowest BCUT2D eigenvalue weighted by Gasteiger charge is -2.51. The van der Waals surface area contributed by atoms with Gasteiger partial charge < -0.3 is 15.2 Å². The summed E-state index contributed by atoms with van der Waals surface area (Å²) in [6, 6.07) is 0. The molecule has 1 saturated heterocycles. The van der Waals surface area contributed by atoms with Crippen molar-refractivity contribution in [2.24, 2.45) is 0 Å². The van der Waals surface area contributed by atoms with Crippen molar-refractivity contribution in [3.05, 3.63) is 0 Å². The molecule has 1 heterocycles. The summed E-state index contributed by atoms with van der Waals surface area (Å²) < 4.78 is 5.18. The summed E-state index contributed by atoms with van der Waals surface area (Å²) in [6.45, 7) is 3.41. The Morgan fingerprint density at radius 1 is 1.47 bits per heavy atom. The molecule has 0 unspecified atom stereocenters. The molecule has 0 aromatic heterocycles. The van der Waals surface area contributed by atoms with E-state index in [4.69, 9.17) is 4.74 Å². The van der Waals surface area contributed by atoms with E-state index in [-0.39, 0.29) is 6.10 Å². The van der Waals surface area contributed by atoms with E-state index in [2.05, 4.69) is 10.2 Å². The van der Waals surface area contributed by atoms with Gasteiger partial charge in [0.25, 0.3) is 0 Å². The monoisotopic (exact) mass is 214 g/mol. The van der Waals surface area contributed by atoms with Crippen LogP contribution in [0.3, 0.4) is 0 Å². The van der Waals surface area contributed by atoms with Gasteiger partial charge in [-0.25, -0.2) is 0 Å². The minimum atomic E-state index is -0.697. The minimum Gasteiger partial charge on any atom is -0.480 e. The Bertz CT molecular complexity index is 245. The van der Waals surface area contributed by atoms with Crippen LogP contribution in [-0.2, 0) is 9.53 Å². The lowest BCUT2D eigenvalue weighted by Crippen LogP contribution is -2.67. The molecule has 5 heteroatoms. The van der Waals surface area contributed by atoms with Gasteiger partial charge in [0, 0.05) is 46.1 Å². The molecule has 1 saturated carbocycles. The van der Waals surface area contributed by atoms with Gasteiger partial charge in [0.15, 0.2) is 0 Å². The first-order valence-corrected chi connectivity index (χ1v) is 5.41. The van der Waals surface area contributed by atoms with E-state index in [1.54, 1.807) is 7.11 Å². The van der Waals surface area contributed by atoms with Crippen LogP contribution < -0.4 is 5.32 Å². The Balaban J connectivity index is 2.03. The van der Waals surface area contributed by atoms with Gasteiger partial charge in [-0.2, -0.15) is 0 Å². The molecule has 2 rings (SSSR count). The van der Waals surface area contributed by atoms with E-state index in [1.165, 1.54) is 0 Å². The van der Waals surface area contributed by atoms with Crippen LogP contribution in [0.25, 0.3) is 0 Å². The third kappa shape index (κ3) is 1.75. The molecule has 0 amide bonds. The summed E-state index contributed by atoms with van der Waals surface area (Å²) in [5, 5.41) is 12.6. The Kier molecular flexibility index (Phi) is 2.95. The number of ether oxygens (including phenoxy) is 1. The van der Waals surface area contributed by atoms with Gasteiger partial charge in [-0.05, 0) is 0 Å². The molecular formula is C10H18N2O3. The van der Waals surface area contributed by atoms with Crippen LogP contribution in [-0.4, -0.2) is 60.9 Å². The number of rotatable bonds is 3. The summed E-state index contributed by atoms with van der Waals surface area (Å²) in [5.41, 5.74) is -0.650. The second-order valence-electron chi connectivity index (χ2n) is 4.34. The fourth-order valence-corrected chi connectivity index (χ4v) is 2.52. The second kappa shape index (κ2) is 4.08. The first-order chi connectivity index (χ1) is 7.19. The average molecular weight is 214 g/mol. The van der Waals surface area contributed by atoms with Crippen molar-refractivity contribution in [2.45, 2.75) is 24.5 Å². The summed E-state index contributed by atoms with van der Waals surface area (Å²) in [4.78, 5) is 13.4. The molecule has 0 atom stereocenters. The SMILES string of the molecule is COC1CC(C(=O)O)(N2CCNCC2)C1. The van der Waals surface area contributed by atoms with Crippen LogP contribution in [0.1, 0.15) is 12.8 Å². The largest absolute Gasteiger partial charge is 0.480 e. The fourth-order valence-electron chi connectivity index (χ4n) is 2.52. The van der Waals surface area contributed by atoms with Crippen molar-refractivity contribution in [1.29, 1.82) is 0 Å². The zero-order valence-corrected chi connectivity index (χ0v) is 9.03. The predicted octanol–water partition coefficient (Wildman–Crippen LogP) is -0.476. The molecule has 0 aromatic carbocycles. The Morgan fingerprint density at radius 3 is 2.53 bits per heavy atom. The molecular weight excluding hydrogens is 196 g/mol. The highest BCUT2D eigenvalue weighted by molar-refractivity contribution is 5.80. The quantitative estimate of drug-likeness (QED) is 0.664. The molecule has 0 radical (unpaired) electrons. The lowest BCUT2D eigenvalue weighted by atomic mass is 9.72. The molecule has 1 aliphatic heterocycles. The molecule has 0 spiro atoms. The Hall–Kier alpha value is -0.650. The van der Waals surface area contributed by atoms with Gasteiger partial charge in [0.05, 0.1) is 6.10 Å². The maximum atomic E-state index is 11.3. The number of carboxylic acids is 1. The van der Waals surface area contributed by atoms with Gasteiger partial charge in [-0.1, -0.05) is 0 Å². The number of carboxylic acid groups (broad SMARTS) is 1. The van der Waals surface area contributed by atoms with Crippen molar-refractivity contribution in [2.75, 3.05) is 33.3 Å². The molecule has 2 aliphatic rings. The molecule has 5 nitrogen and oxygen atoms in total. The van der Waals surface area contributed by atoms with E-state index < -0.39 is 11.5 Å².